The molecule has 2 heterocycles. The predicted molar refractivity (Wildman–Crippen MR) is 99.6 cm³/mol. The molecule has 0 N–H and O–H groups in total. The van der Waals surface area contributed by atoms with Gasteiger partial charge in [0.1, 0.15) is 5.75 Å². The van der Waals surface area contributed by atoms with E-state index in [-0.39, 0.29) is 11.2 Å². The van der Waals surface area contributed by atoms with Crippen molar-refractivity contribution in [2.75, 3.05) is 7.11 Å². The lowest BCUT2D eigenvalue weighted by Gasteiger charge is -2.32. The number of hydrogen-bond acceptors (Lipinski definition) is 4. The molecule has 1 aliphatic rings. The van der Waals surface area contributed by atoms with Gasteiger partial charge in [-0.05, 0) is 61.8 Å². The molecule has 1 saturated heterocycles. The van der Waals surface area contributed by atoms with E-state index in [1.165, 1.54) is 0 Å². The highest BCUT2D eigenvalue weighted by atomic mass is 79.9. The molecule has 4 nitrogen and oxygen atoms in total. The first-order valence-corrected chi connectivity index (χ1v) is 8.68. The largest absolute Gasteiger partial charge is 0.497 e. The Balaban J connectivity index is 1.91. The molecule has 0 spiro atoms. The fourth-order valence-corrected chi connectivity index (χ4v) is 3.14. The molecule has 0 saturated carbocycles. The molecular formula is C18H21BBrNO3. The standard InChI is InChI=1S/C18H21BBrNO3/c1-17(2)18(3,4)24-19(23-17)13-10-15(20)16(21-11-13)12-7-6-8-14(9-12)22-5/h6-11H,1-5H3. The molecule has 0 aliphatic carbocycles. The van der Waals surface area contributed by atoms with Crippen LogP contribution < -0.4 is 10.2 Å². The molecule has 24 heavy (non-hydrogen) atoms. The third-order valence-electron chi connectivity index (χ3n) is 4.73. The fraction of sp³-hybridized carbons (Fsp3) is 0.389. The second-order valence-electron chi connectivity index (χ2n) is 6.92. The van der Waals surface area contributed by atoms with Crippen LogP contribution >= 0.6 is 15.9 Å². The summed E-state index contributed by atoms with van der Waals surface area (Å²) in [5.74, 6) is 0.802. The van der Waals surface area contributed by atoms with Crippen LogP contribution in [0.1, 0.15) is 27.7 Å². The minimum atomic E-state index is -0.418. The summed E-state index contributed by atoms with van der Waals surface area (Å²) >= 11 is 3.62. The van der Waals surface area contributed by atoms with Gasteiger partial charge < -0.3 is 14.0 Å². The second-order valence-corrected chi connectivity index (χ2v) is 7.77. The van der Waals surface area contributed by atoms with E-state index in [9.17, 15) is 0 Å². The van der Waals surface area contributed by atoms with Crippen LogP contribution in [0.25, 0.3) is 11.3 Å². The van der Waals surface area contributed by atoms with E-state index in [2.05, 4.69) is 20.9 Å². The number of aromatic nitrogens is 1. The van der Waals surface area contributed by atoms with Gasteiger partial charge in [0.05, 0.1) is 24.0 Å². The van der Waals surface area contributed by atoms with Crippen LogP contribution in [0.2, 0.25) is 0 Å². The van der Waals surface area contributed by atoms with E-state index in [1.807, 2.05) is 64.2 Å². The third kappa shape index (κ3) is 3.10. The first-order valence-electron chi connectivity index (χ1n) is 7.89. The molecule has 126 valence electrons. The van der Waals surface area contributed by atoms with Crippen molar-refractivity contribution >= 4 is 28.5 Å². The summed E-state index contributed by atoms with van der Waals surface area (Å²) in [6.07, 6.45) is 1.81. The van der Waals surface area contributed by atoms with Gasteiger partial charge in [0, 0.05) is 21.7 Å². The minimum absolute atomic E-state index is 0.365. The topological polar surface area (TPSA) is 40.6 Å². The monoisotopic (exact) mass is 389 g/mol. The Morgan fingerprint density at radius 2 is 1.75 bits per heavy atom. The normalized spacial score (nSPS) is 18.7. The van der Waals surface area contributed by atoms with Gasteiger partial charge in [0.2, 0.25) is 0 Å². The average molecular weight is 390 g/mol. The summed E-state index contributed by atoms with van der Waals surface area (Å²) in [5.41, 5.74) is 2.01. The second kappa shape index (κ2) is 6.17. The van der Waals surface area contributed by atoms with Gasteiger partial charge in [0.25, 0.3) is 0 Å². The molecule has 1 aliphatic heterocycles. The number of halogens is 1. The lowest BCUT2D eigenvalue weighted by Crippen LogP contribution is -2.41. The number of pyridine rings is 1. The Labute approximate surface area is 151 Å². The quantitative estimate of drug-likeness (QED) is 0.748. The van der Waals surface area contributed by atoms with Gasteiger partial charge in [0.15, 0.2) is 0 Å². The Morgan fingerprint density at radius 3 is 2.33 bits per heavy atom. The van der Waals surface area contributed by atoms with Crippen molar-refractivity contribution in [2.24, 2.45) is 0 Å². The number of rotatable bonds is 3. The van der Waals surface area contributed by atoms with E-state index in [4.69, 9.17) is 14.0 Å². The summed E-state index contributed by atoms with van der Waals surface area (Å²) in [6.45, 7) is 8.17. The number of benzene rings is 1. The maximum Gasteiger partial charge on any atom is 0.496 e. The van der Waals surface area contributed by atoms with Crippen LogP contribution in [0.3, 0.4) is 0 Å². The minimum Gasteiger partial charge on any atom is -0.497 e. The first kappa shape index (κ1) is 17.5. The Kier molecular flexibility index (Phi) is 4.49. The Bertz CT molecular complexity index is 748. The highest BCUT2D eigenvalue weighted by molar-refractivity contribution is 9.10. The average Bonchev–Trinajstić information content (AvgIpc) is 2.75. The number of nitrogens with zero attached hydrogens (tertiary/aromatic N) is 1. The summed E-state index contributed by atoms with van der Waals surface area (Å²) < 4.78 is 18.3. The summed E-state index contributed by atoms with van der Waals surface area (Å²) in [4.78, 5) is 4.60. The highest BCUT2D eigenvalue weighted by Gasteiger charge is 2.51. The molecule has 1 aromatic heterocycles. The number of hydrogen-bond donors (Lipinski definition) is 0. The summed E-state index contributed by atoms with van der Waals surface area (Å²) in [5, 5.41) is 0. The van der Waals surface area contributed by atoms with Gasteiger partial charge in [-0.3, -0.25) is 4.98 Å². The predicted octanol–water partition coefficient (Wildman–Crippen LogP) is 3.82. The van der Waals surface area contributed by atoms with Crippen LogP contribution in [-0.2, 0) is 9.31 Å². The fourth-order valence-electron chi connectivity index (χ4n) is 2.54. The maximum absolute atomic E-state index is 6.08. The van der Waals surface area contributed by atoms with Gasteiger partial charge >= 0.3 is 7.12 Å². The first-order chi connectivity index (χ1) is 11.2. The molecule has 1 fully saturated rings. The maximum atomic E-state index is 6.08. The van der Waals surface area contributed by atoms with Crippen molar-refractivity contribution < 1.29 is 14.0 Å². The van der Waals surface area contributed by atoms with E-state index in [0.717, 1.165) is 26.9 Å². The molecule has 0 radical (unpaired) electrons. The van der Waals surface area contributed by atoms with E-state index in [0.29, 0.717) is 0 Å². The van der Waals surface area contributed by atoms with Crippen LogP contribution in [0, 0.1) is 0 Å². The van der Waals surface area contributed by atoms with Crippen molar-refractivity contribution in [2.45, 2.75) is 38.9 Å². The molecule has 0 bridgehead atoms. The van der Waals surface area contributed by atoms with Crippen molar-refractivity contribution in [3.05, 3.63) is 41.0 Å². The Hall–Kier alpha value is -1.37. The van der Waals surface area contributed by atoms with Gasteiger partial charge in [-0.25, -0.2) is 0 Å². The smallest absolute Gasteiger partial charge is 0.496 e. The molecule has 2 aromatic rings. The number of methoxy groups -OCH3 is 1. The van der Waals surface area contributed by atoms with Crippen LogP contribution in [-0.4, -0.2) is 30.4 Å². The van der Waals surface area contributed by atoms with Crippen LogP contribution in [0.15, 0.2) is 41.0 Å². The molecule has 0 amide bonds. The SMILES string of the molecule is COc1cccc(-c2ncc(B3OC(C)(C)C(C)(C)O3)cc2Br)c1. The molecule has 0 unspecified atom stereocenters. The zero-order chi connectivity index (χ0) is 17.5. The van der Waals surface area contributed by atoms with Crippen molar-refractivity contribution in [1.29, 1.82) is 0 Å². The van der Waals surface area contributed by atoms with E-state index in [1.54, 1.807) is 7.11 Å². The molecule has 6 heteroatoms. The molecule has 3 rings (SSSR count). The van der Waals surface area contributed by atoms with Gasteiger partial charge in [-0.15, -0.1) is 0 Å². The van der Waals surface area contributed by atoms with Crippen molar-refractivity contribution in [3.8, 4) is 17.0 Å². The zero-order valence-electron chi connectivity index (χ0n) is 14.6. The molecule has 1 aromatic carbocycles. The van der Waals surface area contributed by atoms with E-state index >= 15 is 0 Å². The van der Waals surface area contributed by atoms with Crippen LogP contribution in [0.4, 0.5) is 0 Å². The van der Waals surface area contributed by atoms with Crippen molar-refractivity contribution in [3.63, 3.8) is 0 Å². The number of ether oxygens (including phenoxy) is 1. The third-order valence-corrected chi connectivity index (χ3v) is 5.34. The van der Waals surface area contributed by atoms with Crippen LogP contribution in [0.5, 0.6) is 5.75 Å². The summed E-state index contributed by atoms with van der Waals surface area (Å²) in [6, 6.07) is 9.83. The van der Waals surface area contributed by atoms with E-state index < -0.39 is 7.12 Å². The highest BCUT2D eigenvalue weighted by Crippen LogP contribution is 2.37. The van der Waals surface area contributed by atoms with Crippen molar-refractivity contribution in [1.82, 2.24) is 4.98 Å². The summed E-state index contributed by atoms with van der Waals surface area (Å²) in [7, 11) is 1.24. The molecular weight excluding hydrogens is 369 g/mol. The van der Waals surface area contributed by atoms with Gasteiger partial charge in [-0.2, -0.15) is 0 Å². The van der Waals surface area contributed by atoms with Gasteiger partial charge in [-0.1, -0.05) is 12.1 Å². The lowest BCUT2D eigenvalue weighted by atomic mass is 9.80. The molecule has 0 atom stereocenters. The Morgan fingerprint density at radius 1 is 1.08 bits per heavy atom. The zero-order valence-corrected chi connectivity index (χ0v) is 16.2. The lowest BCUT2D eigenvalue weighted by molar-refractivity contribution is 0.00578.